The summed E-state index contributed by atoms with van der Waals surface area (Å²) in [5.74, 6) is -8.63. The van der Waals surface area contributed by atoms with E-state index in [9.17, 15) is 49.5 Å². The van der Waals surface area contributed by atoms with E-state index in [0.717, 1.165) is 38.4 Å². The average molecular weight is 520 g/mol. The number of urea groups is 1. The lowest BCUT2D eigenvalue weighted by Gasteiger charge is -2.24. The Labute approximate surface area is 189 Å². The number of rotatable bonds is 5. The minimum Gasteiger partial charge on any atom is -0.294 e. The minimum absolute atomic E-state index is 0. The van der Waals surface area contributed by atoms with Crippen LogP contribution in [0.4, 0.5) is 50.3 Å². The first-order chi connectivity index (χ1) is 15.1. The van der Waals surface area contributed by atoms with E-state index in [0.29, 0.717) is 17.0 Å². The van der Waals surface area contributed by atoms with Gasteiger partial charge >= 0.3 is 23.2 Å². The first-order valence-corrected chi connectivity index (χ1v) is 9.37. The highest BCUT2D eigenvalue weighted by molar-refractivity contribution is 8.01. The second kappa shape index (κ2) is 10.4. The molecule has 5 nitrogen and oxygen atoms in total. The van der Waals surface area contributed by atoms with Crippen LogP contribution in [-0.4, -0.2) is 48.1 Å². The van der Waals surface area contributed by atoms with Crippen molar-refractivity contribution in [3.8, 4) is 0 Å². The molecule has 0 spiro atoms. The van der Waals surface area contributed by atoms with Gasteiger partial charge in [-0.25, -0.2) is 18.0 Å². The molecule has 0 aliphatic rings. The fraction of sp³-hybridized carbons (Fsp3) is 0.211. The van der Waals surface area contributed by atoms with Crippen molar-refractivity contribution in [2.24, 2.45) is 0 Å². The van der Waals surface area contributed by atoms with E-state index >= 15 is 0 Å². The second-order valence-corrected chi connectivity index (χ2v) is 7.55. The molecular formula is C19H13F9N2O3S. The summed E-state index contributed by atoms with van der Waals surface area (Å²) in [7, 11) is 1.79. The van der Waals surface area contributed by atoms with Crippen LogP contribution in [0.25, 0.3) is 0 Å². The van der Waals surface area contributed by atoms with Crippen molar-refractivity contribution < 1.29 is 54.2 Å². The normalized spacial score (nSPS) is 11.5. The van der Waals surface area contributed by atoms with Crippen LogP contribution >= 0.6 is 11.8 Å². The summed E-state index contributed by atoms with van der Waals surface area (Å²) in [5.41, 5.74) is -1.66. The molecule has 15 heteroatoms. The number of Topliss-reactive ketones (excluding diaryl/α,β-unsaturated/α-hetero) is 1. The van der Waals surface area contributed by atoms with Crippen molar-refractivity contribution in [2.75, 3.05) is 19.0 Å². The van der Waals surface area contributed by atoms with Crippen molar-refractivity contribution in [3.63, 3.8) is 0 Å². The molecule has 0 fully saturated rings. The molecule has 0 aliphatic carbocycles. The number of benzene rings is 2. The van der Waals surface area contributed by atoms with Crippen LogP contribution in [0.2, 0.25) is 0 Å². The Balaban J connectivity index is 0.00000578. The van der Waals surface area contributed by atoms with Crippen molar-refractivity contribution in [1.29, 1.82) is 0 Å². The quantitative estimate of drug-likeness (QED) is 0.392. The Morgan fingerprint density at radius 2 is 1.38 bits per heavy atom. The van der Waals surface area contributed by atoms with Crippen molar-refractivity contribution in [3.05, 3.63) is 59.4 Å². The van der Waals surface area contributed by atoms with E-state index in [4.69, 9.17) is 0 Å². The summed E-state index contributed by atoms with van der Waals surface area (Å²) < 4.78 is 106. The molecule has 3 amide bonds. The Bertz CT molecular complexity index is 1090. The number of ketones is 1. The van der Waals surface area contributed by atoms with Gasteiger partial charge in [-0.3, -0.25) is 24.1 Å². The maximum Gasteiger partial charge on any atom is 0.457 e. The van der Waals surface area contributed by atoms with Crippen LogP contribution in [0, 0.1) is 17.5 Å². The van der Waals surface area contributed by atoms with E-state index in [1.807, 2.05) is 0 Å². The average Bonchev–Trinajstić information content (AvgIpc) is 2.70. The lowest BCUT2D eigenvalue weighted by atomic mass is 10.1. The summed E-state index contributed by atoms with van der Waals surface area (Å²) in [6, 6.07) is 3.03. The SMILES string of the molecule is CN(C(=O)c1c(F)cccc1F)C(=O)N(C)c1ccc(SC(F)(F)C(=O)C(F)(F)F)cc1F.F. The summed E-state index contributed by atoms with van der Waals surface area (Å²) in [5, 5.41) is -4.94. The molecule has 0 bridgehead atoms. The first kappa shape index (κ1) is 28.8. The van der Waals surface area contributed by atoms with Gasteiger partial charge < -0.3 is 0 Å². The second-order valence-electron chi connectivity index (χ2n) is 6.36. The topological polar surface area (TPSA) is 57.7 Å². The monoisotopic (exact) mass is 520 g/mol. The fourth-order valence-electron chi connectivity index (χ4n) is 2.47. The molecule has 0 saturated carbocycles. The number of anilines is 1. The van der Waals surface area contributed by atoms with Crippen LogP contribution in [-0.2, 0) is 4.79 Å². The third-order valence-electron chi connectivity index (χ3n) is 4.10. The minimum atomic E-state index is -5.82. The van der Waals surface area contributed by atoms with Gasteiger partial charge in [0.1, 0.15) is 23.0 Å². The van der Waals surface area contributed by atoms with Crippen LogP contribution in [0.5, 0.6) is 0 Å². The molecule has 186 valence electrons. The molecule has 2 aromatic rings. The van der Waals surface area contributed by atoms with Gasteiger partial charge in [0.25, 0.3) is 5.91 Å². The summed E-state index contributed by atoms with van der Waals surface area (Å²) >= 11 is -0.859. The number of imide groups is 1. The van der Waals surface area contributed by atoms with Gasteiger partial charge in [0.2, 0.25) is 0 Å². The van der Waals surface area contributed by atoms with E-state index in [1.54, 1.807) is 0 Å². The predicted octanol–water partition coefficient (Wildman–Crippen LogP) is 5.40. The van der Waals surface area contributed by atoms with Gasteiger partial charge in [0.15, 0.2) is 0 Å². The Hall–Kier alpha value is -3.23. The zero-order valence-corrected chi connectivity index (χ0v) is 17.7. The summed E-state index contributed by atoms with van der Waals surface area (Å²) in [6.45, 7) is 0. The summed E-state index contributed by atoms with van der Waals surface area (Å²) in [4.78, 5) is 35.6. The Morgan fingerprint density at radius 1 is 0.853 bits per heavy atom. The molecule has 0 aliphatic heterocycles. The zero-order chi connectivity index (χ0) is 25.3. The summed E-state index contributed by atoms with van der Waals surface area (Å²) in [6.07, 6.45) is -5.82. The number of thioether (sulfide) groups is 1. The highest BCUT2D eigenvalue weighted by atomic mass is 32.2. The fourth-order valence-corrected chi connectivity index (χ4v) is 3.27. The number of carbonyl (C=O) groups excluding carboxylic acids is 3. The molecule has 0 heterocycles. The molecule has 0 radical (unpaired) electrons. The molecule has 0 aromatic heterocycles. The number of nitrogens with zero attached hydrogens (tertiary/aromatic N) is 2. The van der Waals surface area contributed by atoms with Gasteiger partial charge in [0, 0.05) is 19.0 Å². The first-order valence-electron chi connectivity index (χ1n) is 8.55. The maximum atomic E-state index is 14.4. The molecule has 2 aromatic carbocycles. The number of carbonyl (C=O) groups is 3. The van der Waals surface area contributed by atoms with Gasteiger partial charge in [-0.2, -0.15) is 22.0 Å². The number of alkyl halides is 5. The standard InChI is InChI=1S/C19H12F8N2O3S.FH/c1-28(17(32)29(2)15(30)14-10(20)4-3-5-11(14)21)13-7-6-9(8-12(13)22)33-19(26,27)16(31)18(23,24)25;/h3-8H,1-2H3;1H. The largest absolute Gasteiger partial charge is 0.457 e. The molecule has 34 heavy (non-hydrogen) atoms. The van der Waals surface area contributed by atoms with Crippen molar-refractivity contribution >= 4 is 35.2 Å². The van der Waals surface area contributed by atoms with E-state index in [2.05, 4.69) is 0 Å². The lowest BCUT2D eigenvalue weighted by molar-refractivity contribution is -0.185. The van der Waals surface area contributed by atoms with Crippen LogP contribution in [0.15, 0.2) is 41.3 Å². The van der Waals surface area contributed by atoms with Crippen molar-refractivity contribution in [1.82, 2.24) is 4.90 Å². The third kappa shape index (κ3) is 6.01. The van der Waals surface area contributed by atoms with E-state index in [-0.39, 0.29) is 9.60 Å². The lowest BCUT2D eigenvalue weighted by Crippen LogP contribution is -2.43. The third-order valence-corrected chi connectivity index (χ3v) is 5.03. The molecule has 0 N–H and O–H groups in total. The zero-order valence-electron chi connectivity index (χ0n) is 16.9. The van der Waals surface area contributed by atoms with Crippen LogP contribution in [0.3, 0.4) is 0 Å². The van der Waals surface area contributed by atoms with Gasteiger partial charge in [-0.1, -0.05) is 6.07 Å². The van der Waals surface area contributed by atoms with Crippen LogP contribution in [0.1, 0.15) is 10.4 Å². The number of hydrogen-bond donors (Lipinski definition) is 0. The Morgan fingerprint density at radius 3 is 1.85 bits per heavy atom. The number of hydrogen-bond acceptors (Lipinski definition) is 4. The Kier molecular flexibility index (Phi) is 8.78. The molecular weight excluding hydrogens is 507 g/mol. The molecule has 2 rings (SSSR count). The highest BCUT2D eigenvalue weighted by Gasteiger charge is 2.55. The van der Waals surface area contributed by atoms with E-state index < -0.39 is 74.5 Å². The number of amides is 3. The van der Waals surface area contributed by atoms with Gasteiger partial charge in [-0.15, -0.1) is 0 Å². The highest BCUT2D eigenvalue weighted by Crippen LogP contribution is 2.41. The predicted molar refractivity (Wildman–Crippen MR) is 103 cm³/mol. The van der Waals surface area contributed by atoms with E-state index in [1.165, 1.54) is 0 Å². The molecule has 0 atom stereocenters. The van der Waals surface area contributed by atoms with Gasteiger partial charge in [-0.05, 0) is 42.1 Å². The number of halogens is 9. The van der Waals surface area contributed by atoms with Crippen molar-refractivity contribution in [2.45, 2.75) is 16.3 Å². The maximum absolute atomic E-state index is 14.4. The molecule has 0 saturated heterocycles. The van der Waals surface area contributed by atoms with Gasteiger partial charge in [0.05, 0.1) is 5.69 Å². The molecule has 0 unspecified atom stereocenters. The smallest absolute Gasteiger partial charge is 0.294 e. The van der Waals surface area contributed by atoms with Crippen LogP contribution < -0.4 is 4.90 Å².